The van der Waals surface area contributed by atoms with Crippen LogP contribution in [0.5, 0.6) is 5.88 Å². The van der Waals surface area contributed by atoms with E-state index in [2.05, 4.69) is 9.97 Å². The van der Waals surface area contributed by atoms with Crippen LogP contribution in [-0.2, 0) is 0 Å². The Bertz CT molecular complexity index is 316. The average Bonchev–Trinajstić information content (AvgIpc) is 2.52. The summed E-state index contributed by atoms with van der Waals surface area (Å²) in [6.45, 7) is 1.85. The van der Waals surface area contributed by atoms with E-state index < -0.39 is 0 Å². The molecule has 14 heavy (non-hydrogen) atoms. The van der Waals surface area contributed by atoms with Gasteiger partial charge in [0.25, 0.3) is 0 Å². The van der Waals surface area contributed by atoms with Crippen molar-refractivity contribution in [1.29, 1.82) is 0 Å². The molecule has 1 saturated carbocycles. The van der Waals surface area contributed by atoms with E-state index in [-0.39, 0.29) is 12.1 Å². The van der Waals surface area contributed by atoms with Crippen LogP contribution in [0.3, 0.4) is 0 Å². The van der Waals surface area contributed by atoms with Crippen LogP contribution < -0.4 is 10.5 Å². The van der Waals surface area contributed by atoms with Gasteiger partial charge >= 0.3 is 0 Å². The van der Waals surface area contributed by atoms with E-state index in [9.17, 15) is 0 Å². The Kier molecular flexibility index (Phi) is 2.63. The zero-order chi connectivity index (χ0) is 9.97. The maximum Gasteiger partial charge on any atom is 0.216 e. The van der Waals surface area contributed by atoms with Gasteiger partial charge in [0.15, 0.2) is 0 Å². The Labute approximate surface area is 83.5 Å². The van der Waals surface area contributed by atoms with Crippen LogP contribution in [0.2, 0.25) is 0 Å². The molecule has 2 N–H and O–H groups in total. The summed E-state index contributed by atoms with van der Waals surface area (Å²) in [6.07, 6.45) is 5.07. The second-order valence-corrected chi connectivity index (χ2v) is 3.69. The van der Waals surface area contributed by atoms with E-state index in [0.717, 1.165) is 25.1 Å². The third-order valence-corrected chi connectivity index (χ3v) is 2.53. The molecule has 0 saturated heterocycles. The van der Waals surface area contributed by atoms with Crippen molar-refractivity contribution >= 4 is 0 Å². The zero-order valence-electron chi connectivity index (χ0n) is 8.31. The average molecular weight is 193 g/mol. The predicted octanol–water partition coefficient (Wildman–Crippen LogP) is 1.04. The monoisotopic (exact) mass is 193 g/mol. The van der Waals surface area contributed by atoms with Gasteiger partial charge in [-0.1, -0.05) is 0 Å². The fourth-order valence-corrected chi connectivity index (χ4v) is 1.76. The fraction of sp³-hybridized carbons (Fsp3) is 0.600. The van der Waals surface area contributed by atoms with Gasteiger partial charge in [0, 0.05) is 18.3 Å². The molecule has 1 aliphatic rings. The number of hydrogen-bond donors (Lipinski definition) is 1. The van der Waals surface area contributed by atoms with Gasteiger partial charge < -0.3 is 10.5 Å². The number of ether oxygens (including phenoxy) is 1. The van der Waals surface area contributed by atoms with Crippen molar-refractivity contribution in [2.24, 2.45) is 5.73 Å². The minimum Gasteiger partial charge on any atom is -0.473 e. The quantitative estimate of drug-likeness (QED) is 0.762. The fourth-order valence-electron chi connectivity index (χ4n) is 1.76. The molecule has 0 radical (unpaired) electrons. The first-order valence-corrected chi connectivity index (χ1v) is 4.97. The molecular formula is C10H15N3O. The topological polar surface area (TPSA) is 61.0 Å². The molecule has 0 spiro atoms. The summed E-state index contributed by atoms with van der Waals surface area (Å²) in [5, 5.41) is 0. The molecule has 2 unspecified atom stereocenters. The molecule has 2 rings (SSSR count). The maximum absolute atomic E-state index is 5.90. The summed E-state index contributed by atoms with van der Waals surface area (Å²) in [7, 11) is 0. The standard InChI is InChI=1S/C10H15N3O/c1-7-12-6-5-10(13-7)14-9-4-2-3-8(9)11/h5-6,8-9H,2-4,11H2,1H3. The van der Waals surface area contributed by atoms with E-state index in [1.807, 2.05) is 6.92 Å². The van der Waals surface area contributed by atoms with Crippen LogP contribution in [0.4, 0.5) is 0 Å². The van der Waals surface area contributed by atoms with Crippen LogP contribution in [0, 0.1) is 6.92 Å². The van der Waals surface area contributed by atoms with Crippen LogP contribution in [0.1, 0.15) is 25.1 Å². The molecule has 0 aliphatic heterocycles. The smallest absolute Gasteiger partial charge is 0.216 e. The number of aromatic nitrogens is 2. The van der Waals surface area contributed by atoms with E-state index >= 15 is 0 Å². The lowest BCUT2D eigenvalue weighted by Gasteiger charge is -2.16. The first-order valence-electron chi connectivity index (χ1n) is 4.97. The second-order valence-electron chi connectivity index (χ2n) is 3.69. The van der Waals surface area contributed by atoms with E-state index in [4.69, 9.17) is 10.5 Å². The molecule has 0 bridgehead atoms. The molecule has 0 aromatic carbocycles. The van der Waals surface area contributed by atoms with Crippen molar-refractivity contribution in [2.45, 2.75) is 38.3 Å². The Morgan fingerprint density at radius 1 is 1.50 bits per heavy atom. The molecule has 1 aromatic rings. The van der Waals surface area contributed by atoms with Crippen molar-refractivity contribution in [1.82, 2.24) is 9.97 Å². The number of nitrogens with two attached hydrogens (primary N) is 1. The van der Waals surface area contributed by atoms with E-state index in [1.54, 1.807) is 12.3 Å². The van der Waals surface area contributed by atoms with Crippen LogP contribution in [0.15, 0.2) is 12.3 Å². The highest BCUT2D eigenvalue weighted by atomic mass is 16.5. The third-order valence-electron chi connectivity index (χ3n) is 2.53. The van der Waals surface area contributed by atoms with Gasteiger partial charge in [0.05, 0.1) is 0 Å². The number of rotatable bonds is 2. The molecular weight excluding hydrogens is 178 g/mol. The van der Waals surface area contributed by atoms with Gasteiger partial charge in [-0.3, -0.25) is 0 Å². The van der Waals surface area contributed by atoms with Gasteiger partial charge in [-0.2, -0.15) is 4.98 Å². The number of nitrogens with zero attached hydrogens (tertiary/aromatic N) is 2. The van der Waals surface area contributed by atoms with Crippen LogP contribution >= 0.6 is 0 Å². The van der Waals surface area contributed by atoms with Crippen molar-refractivity contribution in [3.8, 4) is 5.88 Å². The third kappa shape index (κ3) is 2.01. The molecule has 76 valence electrons. The number of aryl methyl sites for hydroxylation is 1. The van der Waals surface area contributed by atoms with Gasteiger partial charge in [0.1, 0.15) is 11.9 Å². The minimum atomic E-state index is 0.129. The van der Waals surface area contributed by atoms with Crippen LogP contribution in [-0.4, -0.2) is 22.1 Å². The van der Waals surface area contributed by atoms with Crippen molar-refractivity contribution < 1.29 is 4.74 Å². The highest BCUT2D eigenvalue weighted by molar-refractivity contribution is 5.09. The summed E-state index contributed by atoms with van der Waals surface area (Å²) in [5.41, 5.74) is 5.90. The van der Waals surface area contributed by atoms with Crippen molar-refractivity contribution in [3.05, 3.63) is 18.1 Å². The normalized spacial score (nSPS) is 26.4. The van der Waals surface area contributed by atoms with Crippen LogP contribution in [0.25, 0.3) is 0 Å². The Hall–Kier alpha value is -1.16. The molecule has 4 heteroatoms. The zero-order valence-corrected chi connectivity index (χ0v) is 8.31. The van der Waals surface area contributed by atoms with E-state index in [0.29, 0.717) is 5.88 Å². The highest BCUT2D eigenvalue weighted by Gasteiger charge is 2.25. The molecule has 0 amide bonds. The maximum atomic E-state index is 5.90. The lowest BCUT2D eigenvalue weighted by molar-refractivity contribution is 0.183. The lowest BCUT2D eigenvalue weighted by Crippen LogP contribution is -2.33. The van der Waals surface area contributed by atoms with Gasteiger partial charge in [0.2, 0.25) is 5.88 Å². The summed E-state index contributed by atoms with van der Waals surface area (Å²) >= 11 is 0. The Morgan fingerprint density at radius 3 is 3.00 bits per heavy atom. The summed E-state index contributed by atoms with van der Waals surface area (Å²) in [6, 6.07) is 1.93. The summed E-state index contributed by atoms with van der Waals surface area (Å²) < 4.78 is 5.69. The first-order chi connectivity index (χ1) is 6.75. The molecule has 1 aromatic heterocycles. The van der Waals surface area contributed by atoms with Gasteiger partial charge in [-0.05, 0) is 26.2 Å². The number of hydrogen-bond acceptors (Lipinski definition) is 4. The molecule has 2 atom stereocenters. The van der Waals surface area contributed by atoms with Gasteiger partial charge in [-0.15, -0.1) is 0 Å². The Balaban J connectivity index is 2.03. The molecule has 1 aliphatic carbocycles. The lowest BCUT2D eigenvalue weighted by atomic mass is 10.2. The van der Waals surface area contributed by atoms with Gasteiger partial charge in [-0.25, -0.2) is 4.98 Å². The largest absolute Gasteiger partial charge is 0.473 e. The van der Waals surface area contributed by atoms with Crippen molar-refractivity contribution in [3.63, 3.8) is 0 Å². The molecule has 1 fully saturated rings. The second kappa shape index (κ2) is 3.92. The SMILES string of the molecule is Cc1nccc(OC2CCCC2N)n1. The van der Waals surface area contributed by atoms with E-state index in [1.165, 1.54) is 0 Å². The highest BCUT2D eigenvalue weighted by Crippen LogP contribution is 2.21. The molecule has 4 nitrogen and oxygen atoms in total. The summed E-state index contributed by atoms with van der Waals surface area (Å²) in [4.78, 5) is 8.19. The predicted molar refractivity (Wildman–Crippen MR) is 53.0 cm³/mol. The minimum absolute atomic E-state index is 0.129. The molecule has 1 heterocycles. The summed E-state index contributed by atoms with van der Waals surface area (Å²) in [5.74, 6) is 1.37. The Morgan fingerprint density at radius 2 is 2.36 bits per heavy atom. The first kappa shape index (κ1) is 9.40. The van der Waals surface area contributed by atoms with Crippen molar-refractivity contribution in [2.75, 3.05) is 0 Å².